The minimum absolute atomic E-state index is 0.0752. The summed E-state index contributed by atoms with van der Waals surface area (Å²) in [5.74, 6) is 2.60. The molecule has 0 heterocycles. The minimum atomic E-state index is -5.28. The number of hydroxylamine groups is 1. The first-order valence-corrected chi connectivity index (χ1v) is 8.50. The molecular weight excluding hydrogens is 401 g/mol. The summed E-state index contributed by atoms with van der Waals surface area (Å²) in [6.07, 6.45) is -3.85. The second-order valence-electron chi connectivity index (χ2n) is 6.04. The van der Waals surface area contributed by atoms with Gasteiger partial charge in [-0.05, 0) is 46.7 Å². The Hall–Kier alpha value is -4.08. The number of alkyl halides is 3. The Kier molecular flexibility index (Phi) is 5.86. The van der Waals surface area contributed by atoms with E-state index in [2.05, 4.69) is 15.3 Å². The summed E-state index contributed by atoms with van der Waals surface area (Å²) in [4.78, 5) is 28.3. The van der Waals surface area contributed by atoms with E-state index < -0.39 is 18.2 Å². The molecule has 0 aliphatic heterocycles. The maximum Gasteiger partial charge on any atom is 0.493 e. The zero-order valence-corrected chi connectivity index (χ0v) is 15.3. The summed E-state index contributed by atoms with van der Waals surface area (Å²) in [5.41, 5.74) is 0.941. The molecule has 10 heteroatoms. The number of hydrogen-bond acceptors (Lipinski definition) is 5. The zero-order valence-electron chi connectivity index (χ0n) is 15.3. The summed E-state index contributed by atoms with van der Waals surface area (Å²) in [6, 6.07) is 16.3. The van der Waals surface area contributed by atoms with Gasteiger partial charge in [-0.3, -0.25) is 0 Å². The van der Waals surface area contributed by atoms with Gasteiger partial charge in [0.1, 0.15) is 0 Å². The molecule has 0 aromatic heterocycles. The van der Waals surface area contributed by atoms with Crippen molar-refractivity contribution < 1.29 is 27.6 Å². The Labute approximate surface area is 168 Å². The van der Waals surface area contributed by atoms with Gasteiger partial charge in [0.05, 0.1) is 11.9 Å². The van der Waals surface area contributed by atoms with Gasteiger partial charge in [-0.1, -0.05) is 36.4 Å². The monoisotopic (exact) mass is 416 g/mol. The van der Waals surface area contributed by atoms with Gasteiger partial charge in [-0.2, -0.15) is 18.3 Å². The number of carbonyl (C=O) groups excluding carboxylic acids is 2. The highest BCUT2D eigenvalue weighted by Crippen LogP contribution is 2.26. The number of anilines is 2. The van der Waals surface area contributed by atoms with E-state index in [0.29, 0.717) is 22.0 Å². The fourth-order valence-electron chi connectivity index (χ4n) is 2.59. The predicted octanol–water partition coefficient (Wildman–Crippen LogP) is 4.19. The standard InChI is InChI=1S/C20H15F3N4O3/c21-20(22,23)18(28)30-27(19(29)26-16-4-2-1-3-5-16)17-9-8-14-10-13(12-25-24)6-7-15(14)11-17/h1-12H,24H2,(H,26,29)/b25-12+. The third-order valence-electron chi connectivity index (χ3n) is 3.92. The smallest absolute Gasteiger partial charge is 0.323 e. The minimum Gasteiger partial charge on any atom is -0.323 e. The second kappa shape index (κ2) is 8.52. The first kappa shape index (κ1) is 20.6. The van der Waals surface area contributed by atoms with Crippen LogP contribution in [0.1, 0.15) is 5.56 Å². The van der Waals surface area contributed by atoms with Crippen molar-refractivity contribution in [3.05, 3.63) is 72.3 Å². The molecule has 0 saturated carbocycles. The molecule has 0 aliphatic rings. The van der Waals surface area contributed by atoms with E-state index >= 15 is 0 Å². The van der Waals surface area contributed by atoms with Crippen LogP contribution in [0.4, 0.5) is 29.3 Å². The van der Waals surface area contributed by atoms with E-state index in [4.69, 9.17) is 5.84 Å². The number of rotatable bonds is 3. The number of nitrogens with zero attached hydrogens (tertiary/aromatic N) is 2. The molecule has 3 aromatic carbocycles. The SMILES string of the molecule is N/N=C/c1ccc2cc(N(OC(=O)C(F)(F)F)C(=O)Nc3ccccc3)ccc2c1. The van der Waals surface area contributed by atoms with E-state index in [1.165, 1.54) is 30.5 Å². The molecule has 0 saturated heterocycles. The molecule has 0 aliphatic carbocycles. The Morgan fingerprint density at radius 1 is 1.00 bits per heavy atom. The molecule has 3 N–H and O–H groups in total. The van der Waals surface area contributed by atoms with Crippen molar-refractivity contribution in [2.24, 2.45) is 10.9 Å². The fraction of sp³-hybridized carbons (Fsp3) is 0.0500. The highest BCUT2D eigenvalue weighted by atomic mass is 19.4. The third-order valence-corrected chi connectivity index (χ3v) is 3.92. The first-order valence-electron chi connectivity index (χ1n) is 8.50. The molecular formula is C20H15F3N4O3. The van der Waals surface area contributed by atoms with E-state index in [9.17, 15) is 22.8 Å². The molecule has 2 amide bonds. The van der Waals surface area contributed by atoms with E-state index in [1.807, 2.05) is 0 Å². The predicted molar refractivity (Wildman–Crippen MR) is 106 cm³/mol. The molecule has 154 valence electrons. The number of halogens is 3. The zero-order chi connectivity index (χ0) is 21.7. The average molecular weight is 416 g/mol. The molecule has 3 aromatic rings. The summed E-state index contributed by atoms with van der Waals surface area (Å²) in [7, 11) is 0. The average Bonchev–Trinajstić information content (AvgIpc) is 2.71. The van der Waals surface area contributed by atoms with Crippen LogP contribution in [0.2, 0.25) is 0 Å². The van der Waals surface area contributed by atoms with Crippen molar-refractivity contribution in [1.29, 1.82) is 0 Å². The molecule has 3 rings (SSSR count). The van der Waals surface area contributed by atoms with Gasteiger partial charge in [0.15, 0.2) is 0 Å². The number of hydrazone groups is 1. The van der Waals surface area contributed by atoms with Gasteiger partial charge in [-0.15, -0.1) is 5.06 Å². The number of carbonyl (C=O) groups is 2. The lowest BCUT2D eigenvalue weighted by atomic mass is 10.1. The number of hydrogen-bond donors (Lipinski definition) is 2. The van der Waals surface area contributed by atoms with Crippen LogP contribution in [0.25, 0.3) is 10.8 Å². The molecule has 7 nitrogen and oxygen atoms in total. The van der Waals surface area contributed by atoms with Crippen molar-refractivity contribution in [3.63, 3.8) is 0 Å². The second-order valence-corrected chi connectivity index (χ2v) is 6.04. The number of nitrogens with one attached hydrogen (secondary N) is 1. The van der Waals surface area contributed by atoms with Gasteiger partial charge < -0.3 is 16.0 Å². The van der Waals surface area contributed by atoms with Gasteiger partial charge in [0.2, 0.25) is 0 Å². The molecule has 0 bridgehead atoms. The molecule has 0 radical (unpaired) electrons. The molecule has 0 atom stereocenters. The maximum absolute atomic E-state index is 12.7. The van der Waals surface area contributed by atoms with Crippen LogP contribution in [0.15, 0.2) is 71.8 Å². The number of amides is 2. The van der Waals surface area contributed by atoms with Crippen LogP contribution in [0.5, 0.6) is 0 Å². The normalized spacial score (nSPS) is 11.4. The van der Waals surface area contributed by atoms with Crippen LogP contribution in [0.3, 0.4) is 0 Å². The number of benzene rings is 3. The Morgan fingerprint density at radius 3 is 2.33 bits per heavy atom. The first-order chi connectivity index (χ1) is 14.3. The largest absolute Gasteiger partial charge is 0.493 e. The maximum atomic E-state index is 12.7. The highest BCUT2D eigenvalue weighted by molar-refractivity contribution is 6.03. The van der Waals surface area contributed by atoms with Gasteiger partial charge in [0.25, 0.3) is 0 Å². The fourth-order valence-corrected chi connectivity index (χ4v) is 2.59. The lowest BCUT2D eigenvalue weighted by molar-refractivity contribution is -0.199. The Balaban J connectivity index is 1.96. The Morgan fingerprint density at radius 2 is 1.67 bits per heavy atom. The Bertz CT molecular complexity index is 1100. The third kappa shape index (κ3) is 4.85. The van der Waals surface area contributed by atoms with Gasteiger partial charge in [0, 0.05) is 5.69 Å². The van der Waals surface area contributed by atoms with Crippen molar-refractivity contribution in [2.45, 2.75) is 6.18 Å². The van der Waals surface area contributed by atoms with Gasteiger partial charge in [-0.25, -0.2) is 9.59 Å². The van der Waals surface area contributed by atoms with Crippen molar-refractivity contribution in [2.75, 3.05) is 10.4 Å². The van der Waals surface area contributed by atoms with E-state index in [-0.39, 0.29) is 10.8 Å². The van der Waals surface area contributed by atoms with E-state index in [0.717, 1.165) is 0 Å². The lowest BCUT2D eigenvalue weighted by Gasteiger charge is -2.22. The number of para-hydroxylation sites is 1. The topological polar surface area (TPSA) is 97.0 Å². The molecule has 0 fully saturated rings. The van der Waals surface area contributed by atoms with Crippen LogP contribution < -0.4 is 16.2 Å². The van der Waals surface area contributed by atoms with Gasteiger partial charge >= 0.3 is 18.2 Å². The van der Waals surface area contributed by atoms with E-state index in [1.54, 1.807) is 42.5 Å². The summed E-state index contributed by atoms with van der Waals surface area (Å²) in [5, 5.41) is 7.37. The quantitative estimate of drug-likeness (QED) is 0.380. The summed E-state index contributed by atoms with van der Waals surface area (Å²) >= 11 is 0. The number of urea groups is 1. The number of fused-ring (bicyclic) bond motifs is 1. The van der Waals surface area contributed by atoms with Crippen molar-refractivity contribution >= 4 is 40.4 Å². The molecule has 30 heavy (non-hydrogen) atoms. The lowest BCUT2D eigenvalue weighted by Crippen LogP contribution is -2.41. The molecule has 0 spiro atoms. The summed E-state index contributed by atoms with van der Waals surface area (Å²) < 4.78 is 38.2. The van der Waals surface area contributed by atoms with Crippen LogP contribution in [-0.4, -0.2) is 24.4 Å². The highest BCUT2D eigenvalue weighted by Gasteiger charge is 2.43. The van der Waals surface area contributed by atoms with Crippen molar-refractivity contribution in [3.8, 4) is 0 Å². The number of nitrogens with two attached hydrogens (primary N) is 1. The van der Waals surface area contributed by atoms with Crippen LogP contribution in [0, 0.1) is 0 Å². The summed E-state index contributed by atoms with van der Waals surface area (Å²) in [6.45, 7) is 0. The van der Waals surface area contributed by atoms with Crippen LogP contribution in [-0.2, 0) is 9.63 Å². The van der Waals surface area contributed by atoms with Crippen LogP contribution >= 0.6 is 0 Å². The molecule has 0 unspecified atom stereocenters. The van der Waals surface area contributed by atoms with Crippen molar-refractivity contribution in [1.82, 2.24) is 0 Å².